The molecule has 0 saturated carbocycles. The number of carbonyl (C=O) groups is 3. The van der Waals surface area contributed by atoms with Crippen LogP contribution in [0.5, 0.6) is 0 Å². The van der Waals surface area contributed by atoms with E-state index in [9.17, 15) is 14.4 Å². The number of carbonyl (C=O) groups excluding carboxylic acids is 3. The Kier molecular flexibility index (Phi) is 7.43. The van der Waals surface area contributed by atoms with Gasteiger partial charge in [0.2, 0.25) is 4.91 Å². The van der Waals surface area contributed by atoms with Crippen LogP contribution in [0.15, 0.2) is 5.11 Å². The lowest BCUT2D eigenvalue weighted by molar-refractivity contribution is -0.296. The van der Waals surface area contributed by atoms with Crippen LogP contribution in [-0.2, 0) is 38.1 Å². The van der Waals surface area contributed by atoms with Crippen molar-refractivity contribution in [3.8, 4) is 0 Å². The zero-order chi connectivity index (χ0) is 18.3. The molecule has 0 spiro atoms. The largest absolute Gasteiger partial charge is 0.456 e. The summed E-state index contributed by atoms with van der Waals surface area (Å²) in [5.74, 6) is -1.99. The van der Waals surface area contributed by atoms with Crippen molar-refractivity contribution in [3.05, 3.63) is 0 Å². The fraction of sp³-hybridized carbons (Fsp3) is 0.769. The van der Waals surface area contributed by atoms with E-state index in [2.05, 4.69) is 10.0 Å². The van der Waals surface area contributed by atoms with Crippen LogP contribution >= 0.6 is 0 Å². The molecule has 134 valence electrons. The summed E-state index contributed by atoms with van der Waals surface area (Å²) in [6.45, 7) is 3.34. The molecule has 11 nitrogen and oxygen atoms in total. The Morgan fingerprint density at radius 3 is 1.96 bits per heavy atom. The van der Waals surface area contributed by atoms with E-state index in [0.717, 1.165) is 13.8 Å². The molecule has 0 aromatic rings. The van der Waals surface area contributed by atoms with Gasteiger partial charge in [0.1, 0.15) is 16.7 Å². The summed E-state index contributed by atoms with van der Waals surface area (Å²) in [6.07, 6.45) is -5.43. The maximum Gasteiger partial charge on any atom is 0.303 e. The van der Waals surface area contributed by atoms with Gasteiger partial charge in [-0.2, -0.15) is 0 Å². The average Bonchev–Trinajstić information content (AvgIpc) is 2.48. The SMILES string of the molecule is COC1OC(CN=[N+]=N)[C@H](OC(C)=O)[C@@H](OC(C)=O)[C@@H]1OC(C)=O. The summed E-state index contributed by atoms with van der Waals surface area (Å²) in [4.78, 5) is 37.0. The molecule has 24 heavy (non-hydrogen) atoms. The van der Waals surface area contributed by atoms with E-state index in [4.69, 9.17) is 29.2 Å². The molecule has 0 aromatic heterocycles. The Morgan fingerprint density at radius 2 is 1.50 bits per heavy atom. The predicted octanol–water partition coefficient (Wildman–Crippen LogP) is -0.297. The minimum atomic E-state index is -1.17. The van der Waals surface area contributed by atoms with Crippen LogP contribution in [0.1, 0.15) is 20.8 Å². The van der Waals surface area contributed by atoms with Crippen LogP contribution in [0.25, 0.3) is 0 Å². The lowest BCUT2D eigenvalue weighted by Gasteiger charge is -2.43. The molecule has 1 rings (SSSR count). The zero-order valence-corrected chi connectivity index (χ0v) is 13.8. The fourth-order valence-electron chi connectivity index (χ4n) is 2.31. The Hall–Kier alpha value is -2.36. The third-order valence-electron chi connectivity index (χ3n) is 3.06. The second-order valence-corrected chi connectivity index (χ2v) is 4.92. The number of hydrogen-bond acceptors (Lipinski definition) is 10. The fourth-order valence-corrected chi connectivity index (χ4v) is 2.31. The molecule has 0 aromatic carbocycles. The molecule has 1 aliphatic rings. The highest BCUT2D eigenvalue weighted by Crippen LogP contribution is 2.29. The number of nitrogens with one attached hydrogen (secondary N) is 1. The van der Waals surface area contributed by atoms with Crippen molar-refractivity contribution in [2.24, 2.45) is 5.11 Å². The maximum absolute atomic E-state index is 11.4. The number of rotatable bonds is 6. The van der Waals surface area contributed by atoms with Crippen molar-refractivity contribution in [1.29, 1.82) is 5.53 Å². The van der Waals surface area contributed by atoms with Crippen LogP contribution < -0.4 is 4.91 Å². The summed E-state index contributed by atoms with van der Waals surface area (Å²) in [7, 11) is 1.31. The number of methoxy groups -OCH3 is 1. The standard InChI is InChI=1S/C13H20N3O8/c1-6(17)21-10-9(5-15-16-14)24-13(20-4)12(23-8(3)19)11(10)22-7(2)18/h9-14H,5H2,1-4H3/q+1/t9?,10-,11+,12-,13?/m0/s1. The molecule has 1 heterocycles. The van der Waals surface area contributed by atoms with Gasteiger partial charge in [-0.3, -0.25) is 14.4 Å². The minimum Gasteiger partial charge on any atom is -0.456 e. The van der Waals surface area contributed by atoms with Crippen molar-refractivity contribution < 1.29 is 38.1 Å². The highest BCUT2D eigenvalue weighted by Gasteiger charge is 2.52. The second-order valence-electron chi connectivity index (χ2n) is 4.92. The molecule has 2 unspecified atom stereocenters. The molecule has 0 amide bonds. The van der Waals surface area contributed by atoms with Crippen LogP contribution in [-0.4, -0.2) is 62.3 Å². The minimum absolute atomic E-state index is 0.147. The summed E-state index contributed by atoms with van der Waals surface area (Å²) in [5, 5.41) is 3.49. The van der Waals surface area contributed by atoms with Crippen LogP contribution in [0.4, 0.5) is 0 Å². The van der Waals surface area contributed by atoms with Gasteiger partial charge in [0, 0.05) is 27.9 Å². The van der Waals surface area contributed by atoms with Crippen LogP contribution in [0.2, 0.25) is 0 Å². The van der Waals surface area contributed by atoms with Crippen molar-refractivity contribution in [1.82, 2.24) is 4.91 Å². The number of esters is 3. The van der Waals surface area contributed by atoms with Gasteiger partial charge >= 0.3 is 17.9 Å². The first-order valence-electron chi connectivity index (χ1n) is 7.03. The van der Waals surface area contributed by atoms with Crippen molar-refractivity contribution in [3.63, 3.8) is 0 Å². The topological polar surface area (TPSA) is 148 Å². The van der Waals surface area contributed by atoms with Crippen molar-refractivity contribution in [2.75, 3.05) is 13.7 Å². The number of nitrogens with zero attached hydrogens (tertiary/aromatic N) is 2. The quantitative estimate of drug-likeness (QED) is 0.298. The van der Waals surface area contributed by atoms with Crippen LogP contribution in [0, 0.1) is 5.53 Å². The van der Waals surface area contributed by atoms with Crippen molar-refractivity contribution in [2.45, 2.75) is 51.5 Å². The smallest absolute Gasteiger partial charge is 0.303 e. The van der Waals surface area contributed by atoms with Crippen LogP contribution in [0.3, 0.4) is 0 Å². The predicted molar refractivity (Wildman–Crippen MR) is 74.5 cm³/mol. The van der Waals surface area contributed by atoms with Gasteiger partial charge in [0.05, 0.1) is 0 Å². The first-order valence-corrected chi connectivity index (χ1v) is 7.03. The summed E-state index contributed by atoms with van der Waals surface area (Å²) in [5.41, 5.74) is 6.73. The molecule has 5 atom stereocenters. The third kappa shape index (κ3) is 5.37. The van der Waals surface area contributed by atoms with E-state index in [1.807, 2.05) is 0 Å². The molecule has 1 saturated heterocycles. The van der Waals surface area contributed by atoms with E-state index < -0.39 is 48.6 Å². The molecule has 0 radical (unpaired) electrons. The van der Waals surface area contributed by atoms with Gasteiger partial charge in [0.25, 0.3) is 0 Å². The monoisotopic (exact) mass is 346 g/mol. The molecule has 1 fully saturated rings. The summed E-state index contributed by atoms with van der Waals surface area (Å²) in [6, 6.07) is 0. The zero-order valence-electron chi connectivity index (χ0n) is 13.8. The maximum atomic E-state index is 11.4. The third-order valence-corrected chi connectivity index (χ3v) is 3.06. The van der Waals surface area contributed by atoms with E-state index >= 15 is 0 Å². The highest BCUT2D eigenvalue weighted by molar-refractivity contribution is 5.68. The molecule has 0 bridgehead atoms. The van der Waals surface area contributed by atoms with Gasteiger partial charge in [-0.25, -0.2) is 0 Å². The molecule has 11 heteroatoms. The van der Waals surface area contributed by atoms with Gasteiger partial charge < -0.3 is 23.7 Å². The van der Waals surface area contributed by atoms with Crippen molar-refractivity contribution >= 4 is 17.9 Å². The van der Waals surface area contributed by atoms with Gasteiger partial charge in [0.15, 0.2) is 31.1 Å². The second kappa shape index (κ2) is 9.06. The van der Waals surface area contributed by atoms with E-state index in [1.54, 1.807) is 0 Å². The first-order chi connectivity index (χ1) is 11.3. The summed E-state index contributed by atoms with van der Waals surface area (Å²) < 4.78 is 26.2. The number of ether oxygens (including phenoxy) is 5. The van der Waals surface area contributed by atoms with E-state index in [-0.39, 0.29) is 6.54 Å². The molecule has 1 N–H and O–H groups in total. The highest BCUT2D eigenvalue weighted by atomic mass is 16.7. The normalized spacial score (nSPS) is 29.1. The van der Waals surface area contributed by atoms with Gasteiger partial charge in [-0.15, -0.1) is 0 Å². The molecular weight excluding hydrogens is 326 g/mol. The Labute approximate surface area is 137 Å². The number of hydrogen-bond donors (Lipinski definition) is 1. The lowest BCUT2D eigenvalue weighted by atomic mass is 9.98. The summed E-state index contributed by atoms with van der Waals surface area (Å²) >= 11 is 0. The molecule has 1 aliphatic heterocycles. The van der Waals surface area contributed by atoms with E-state index in [0.29, 0.717) is 0 Å². The molecular formula is C13H20N3O8+. The van der Waals surface area contributed by atoms with Gasteiger partial charge in [-0.05, 0) is 0 Å². The Balaban J connectivity index is 3.22. The Morgan fingerprint density at radius 1 is 1.00 bits per heavy atom. The first kappa shape index (κ1) is 19.7. The molecule has 0 aliphatic carbocycles. The van der Waals surface area contributed by atoms with E-state index in [1.165, 1.54) is 14.0 Å². The average molecular weight is 346 g/mol. The van der Waals surface area contributed by atoms with Gasteiger partial charge in [-0.1, -0.05) is 0 Å². The Bertz CT molecular complexity index is 533. The lowest BCUT2D eigenvalue weighted by Crippen LogP contribution is -2.62.